The third-order valence-corrected chi connectivity index (χ3v) is 3.20. The van der Waals surface area contributed by atoms with E-state index in [4.69, 9.17) is 5.73 Å². The third kappa shape index (κ3) is 2.06. The molecular formula is C15H10FN3O2. The average molecular weight is 283 g/mol. The molecule has 0 aliphatic rings. The van der Waals surface area contributed by atoms with E-state index in [9.17, 15) is 14.0 Å². The average Bonchev–Trinajstić information content (AvgIpc) is 2.90. The lowest BCUT2D eigenvalue weighted by Crippen LogP contribution is -2.15. The van der Waals surface area contributed by atoms with Gasteiger partial charge >= 0.3 is 0 Å². The van der Waals surface area contributed by atoms with Gasteiger partial charge in [-0.2, -0.15) is 0 Å². The molecule has 0 atom stereocenters. The fourth-order valence-electron chi connectivity index (χ4n) is 2.19. The zero-order valence-electron chi connectivity index (χ0n) is 10.8. The maximum atomic E-state index is 14.2. The topological polar surface area (TPSA) is 88.8 Å². The maximum absolute atomic E-state index is 14.2. The number of primary amides is 1. The Labute approximate surface area is 118 Å². The number of H-pyrrole nitrogens is 1. The fraction of sp³-hybridized carbons (Fsp3) is 0. The zero-order chi connectivity index (χ0) is 15.0. The number of amides is 1. The van der Waals surface area contributed by atoms with Crippen LogP contribution in [0.1, 0.15) is 26.3 Å². The van der Waals surface area contributed by atoms with Crippen LogP contribution < -0.4 is 5.73 Å². The molecule has 2 heterocycles. The quantitative estimate of drug-likeness (QED) is 0.721. The summed E-state index contributed by atoms with van der Waals surface area (Å²) < 4.78 is 14.2. The summed E-state index contributed by atoms with van der Waals surface area (Å²) in [6, 6.07) is 7.37. The van der Waals surface area contributed by atoms with E-state index >= 15 is 0 Å². The molecule has 0 saturated carbocycles. The molecule has 0 bridgehead atoms. The molecule has 3 rings (SSSR count). The van der Waals surface area contributed by atoms with E-state index in [0.717, 1.165) is 0 Å². The van der Waals surface area contributed by atoms with Crippen LogP contribution in [0.25, 0.3) is 11.0 Å². The molecule has 1 aromatic carbocycles. The number of ketones is 1. The Morgan fingerprint density at radius 1 is 1.10 bits per heavy atom. The molecule has 0 aliphatic carbocycles. The van der Waals surface area contributed by atoms with Crippen molar-refractivity contribution in [2.24, 2.45) is 5.73 Å². The lowest BCUT2D eigenvalue weighted by atomic mass is 10.0. The highest BCUT2D eigenvalue weighted by atomic mass is 19.1. The maximum Gasteiger partial charge on any atom is 0.251 e. The molecule has 0 aliphatic heterocycles. The van der Waals surface area contributed by atoms with Crippen LogP contribution >= 0.6 is 0 Å². The molecule has 0 saturated heterocycles. The van der Waals surface area contributed by atoms with E-state index in [0.29, 0.717) is 16.6 Å². The largest absolute Gasteiger partial charge is 0.366 e. The first kappa shape index (κ1) is 13.0. The third-order valence-electron chi connectivity index (χ3n) is 3.20. The van der Waals surface area contributed by atoms with Gasteiger partial charge in [-0.3, -0.25) is 9.59 Å². The highest BCUT2D eigenvalue weighted by molar-refractivity contribution is 6.16. The molecule has 1 amide bonds. The number of aromatic amines is 1. The Kier molecular flexibility index (Phi) is 2.98. The number of benzene rings is 1. The van der Waals surface area contributed by atoms with Crippen LogP contribution in [-0.4, -0.2) is 21.7 Å². The fourth-order valence-corrected chi connectivity index (χ4v) is 2.19. The Bertz CT molecular complexity index is 870. The Hall–Kier alpha value is -3.02. The lowest BCUT2D eigenvalue weighted by Gasteiger charge is -2.04. The second-order valence-electron chi connectivity index (χ2n) is 4.46. The number of hydrogen-bond donors (Lipinski definition) is 2. The van der Waals surface area contributed by atoms with E-state index in [1.165, 1.54) is 24.4 Å². The number of nitrogens with zero attached hydrogens (tertiary/aromatic N) is 1. The summed E-state index contributed by atoms with van der Waals surface area (Å²) in [5.74, 6) is -2.36. The number of carbonyl (C=O) groups excluding carboxylic acids is 2. The smallest absolute Gasteiger partial charge is 0.251 e. The summed E-state index contributed by atoms with van der Waals surface area (Å²) in [6.45, 7) is 0. The predicted molar refractivity (Wildman–Crippen MR) is 74.4 cm³/mol. The van der Waals surface area contributed by atoms with Crippen LogP contribution in [0.2, 0.25) is 0 Å². The number of hydrogen-bond acceptors (Lipinski definition) is 3. The summed E-state index contributed by atoms with van der Waals surface area (Å²) in [5, 5.41) is 0.589. The highest BCUT2D eigenvalue weighted by Crippen LogP contribution is 2.22. The second-order valence-corrected chi connectivity index (χ2v) is 4.46. The minimum atomic E-state index is -0.914. The first-order chi connectivity index (χ1) is 10.1. The molecule has 0 radical (unpaired) electrons. The van der Waals surface area contributed by atoms with Gasteiger partial charge in [0, 0.05) is 23.3 Å². The molecule has 5 nitrogen and oxygen atoms in total. The van der Waals surface area contributed by atoms with Crippen LogP contribution in [0.3, 0.4) is 0 Å². The standard InChI is InChI=1S/C15H10FN3O2/c16-12-9(3-1-4-10(12)14(17)21)13(20)11-7-19-15-8(11)5-2-6-18-15/h1-7H,(H2,17,21)(H,18,19). The van der Waals surface area contributed by atoms with Gasteiger partial charge in [0.05, 0.1) is 11.1 Å². The van der Waals surface area contributed by atoms with Crippen LogP contribution in [0.15, 0.2) is 42.7 Å². The molecule has 3 aromatic rings. The monoisotopic (exact) mass is 283 g/mol. The number of aromatic nitrogens is 2. The van der Waals surface area contributed by atoms with Crippen molar-refractivity contribution in [2.75, 3.05) is 0 Å². The molecule has 2 aromatic heterocycles. The summed E-state index contributed by atoms with van der Waals surface area (Å²) in [5.41, 5.74) is 5.41. The van der Waals surface area contributed by atoms with Crippen molar-refractivity contribution in [3.05, 3.63) is 65.2 Å². The lowest BCUT2D eigenvalue weighted by molar-refractivity contribution is 0.0996. The summed E-state index contributed by atoms with van der Waals surface area (Å²) in [6.07, 6.45) is 3.05. The van der Waals surface area contributed by atoms with Gasteiger partial charge in [-0.05, 0) is 24.3 Å². The van der Waals surface area contributed by atoms with Gasteiger partial charge in [0.1, 0.15) is 11.5 Å². The van der Waals surface area contributed by atoms with Gasteiger partial charge in [-0.1, -0.05) is 6.07 Å². The Balaban J connectivity index is 2.15. The number of pyridine rings is 1. The highest BCUT2D eigenvalue weighted by Gasteiger charge is 2.21. The molecule has 0 fully saturated rings. The van der Waals surface area contributed by atoms with Crippen molar-refractivity contribution >= 4 is 22.7 Å². The van der Waals surface area contributed by atoms with E-state index in [1.54, 1.807) is 18.3 Å². The molecule has 0 unspecified atom stereocenters. The molecule has 6 heteroatoms. The summed E-state index contributed by atoms with van der Waals surface area (Å²) in [4.78, 5) is 30.5. The number of halogens is 1. The normalized spacial score (nSPS) is 10.7. The molecule has 21 heavy (non-hydrogen) atoms. The van der Waals surface area contributed by atoms with E-state index in [-0.39, 0.29) is 11.1 Å². The number of rotatable bonds is 3. The van der Waals surface area contributed by atoms with Crippen molar-refractivity contribution in [2.45, 2.75) is 0 Å². The summed E-state index contributed by atoms with van der Waals surface area (Å²) in [7, 11) is 0. The van der Waals surface area contributed by atoms with E-state index in [2.05, 4.69) is 9.97 Å². The SMILES string of the molecule is NC(=O)c1cccc(C(=O)c2c[nH]c3ncccc23)c1F. The number of carbonyl (C=O) groups is 2. The first-order valence-corrected chi connectivity index (χ1v) is 6.14. The van der Waals surface area contributed by atoms with Gasteiger partial charge in [0.2, 0.25) is 0 Å². The number of nitrogens with one attached hydrogen (secondary N) is 1. The van der Waals surface area contributed by atoms with Crippen molar-refractivity contribution in [1.29, 1.82) is 0 Å². The van der Waals surface area contributed by atoms with E-state index < -0.39 is 17.5 Å². The van der Waals surface area contributed by atoms with Crippen LogP contribution in [0.5, 0.6) is 0 Å². The molecule has 104 valence electrons. The number of fused-ring (bicyclic) bond motifs is 1. The van der Waals surface area contributed by atoms with Gasteiger partial charge in [-0.25, -0.2) is 9.37 Å². The molecule has 0 spiro atoms. The van der Waals surface area contributed by atoms with Crippen molar-refractivity contribution in [3.63, 3.8) is 0 Å². The predicted octanol–water partition coefficient (Wildman–Crippen LogP) is 2.03. The van der Waals surface area contributed by atoms with Gasteiger partial charge in [0.25, 0.3) is 5.91 Å². The zero-order valence-corrected chi connectivity index (χ0v) is 10.8. The number of nitrogens with two attached hydrogens (primary N) is 1. The van der Waals surface area contributed by atoms with Gasteiger partial charge < -0.3 is 10.7 Å². The molecular weight excluding hydrogens is 273 g/mol. The first-order valence-electron chi connectivity index (χ1n) is 6.14. The van der Waals surface area contributed by atoms with Crippen molar-refractivity contribution in [1.82, 2.24) is 9.97 Å². The molecule has 3 N–H and O–H groups in total. The van der Waals surface area contributed by atoms with Crippen LogP contribution in [0.4, 0.5) is 4.39 Å². The van der Waals surface area contributed by atoms with Crippen LogP contribution in [-0.2, 0) is 0 Å². The second kappa shape index (κ2) is 4.82. The van der Waals surface area contributed by atoms with Gasteiger partial charge in [0.15, 0.2) is 5.78 Å². The minimum absolute atomic E-state index is 0.198. The minimum Gasteiger partial charge on any atom is -0.366 e. The van der Waals surface area contributed by atoms with Crippen molar-refractivity contribution in [3.8, 4) is 0 Å². The van der Waals surface area contributed by atoms with Crippen LogP contribution in [0, 0.1) is 5.82 Å². The van der Waals surface area contributed by atoms with Crippen molar-refractivity contribution < 1.29 is 14.0 Å². The summed E-state index contributed by atoms with van der Waals surface area (Å²) >= 11 is 0. The van der Waals surface area contributed by atoms with E-state index in [1.807, 2.05) is 0 Å². The Morgan fingerprint density at radius 3 is 2.62 bits per heavy atom. The Morgan fingerprint density at radius 2 is 1.86 bits per heavy atom. The van der Waals surface area contributed by atoms with Gasteiger partial charge in [-0.15, -0.1) is 0 Å².